The van der Waals surface area contributed by atoms with Crippen LogP contribution in [-0.4, -0.2) is 17.3 Å². The number of rotatable bonds is 4. The van der Waals surface area contributed by atoms with E-state index in [2.05, 4.69) is 47.8 Å². The molecule has 2 aromatic rings. The number of benzene rings is 2. The van der Waals surface area contributed by atoms with Gasteiger partial charge in [0.1, 0.15) is 10.1 Å². The molecule has 0 aromatic heterocycles. The van der Waals surface area contributed by atoms with E-state index in [1.807, 2.05) is 13.2 Å². The number of thioether (sulfide) groups is 1. The topological polar surface area (TPSA) is 38.3 Å². The van der Waals surface area contributed by atoms with E-state index in [0.29, 0.717) is 14.6 Å². The average molecular weight is 462 g/mol. The van der Waals surface area contributed by atoms with Gasteiger partial charge in [-0.25, -0.2) is 0 Å². The molecule has 4 saturated carbocycles. The molecule has 4 aliphatic carbocycles. The van der Waals surface area contributed by atoms with Gasteiger partial charge in [-0.2, -0.15) is 0 Å². The second-order valence-electron chi connectivity index (χ2n) is 10.1. The van der Waals surface area contributed by atoms with E-state index in [0.717, 1.165) is 29.1 Å². The molecular weight excluding hydrogens is 434 g/mol. The minimum absolute atomic E-state index is 0.112. The van der Waals surface area contributed by atoms with E-state index in [-0.39, 0.29) is 5.91 Å². The second-order valence-corrected chi connectivity index (χ2v) is 11.8. The van der Waals surface area contributed by atoms with Crippen molar-refractivity contribution in [1.82, 2.24) is 5.32 Å². The van der Waals surface area contributed by atoms with Crippen LogP contribution in [0.1, 0.15) is 49.7 Å². The zero-order valence-electron chi connectivity index (χ0n) is 18.2. The molecule has 5 fully saturated rings. The predicted molar refractivity (Wildman–Crippen MR) is 135 cm³/mol. The Kier molecular flexibility index (Phi) is 4.96. The maximum atomic E-state index is 11.9. The zero-order valence-corrected chi connectivity index (χ0v) is 19.9. The highest BCUT2D eigenvalue weighted by Crippen LogP contribution is 2.62. The molecule has 0 atom stereocenters. The molecule has 1 saturated heterocycles. The first-order valence-corrected chi connectivity index (χ1v) is 12.8. The minimum atomic E-state index is -0.112. The molecule has 32 heavy (non-hydrogen) atoms. The van der Waals surface area contributed by atoms with E-state index >= 15 is 0 Å². The van der Waals surface area contributed by atoms with Gasteiger partial charge in [-0.3, -0.25) is 4.79 Å². The third-order valence-corrected chi connectivity index (χ3v) is 9.16. The molecule has 1 N–H and O–H groups in total. The minimum Gasteiger partial charge on any atom is -0.496 e. The number of amides is 1. The molecule has 1 aliphatic heterocycles. The smallest absolute Gasteiger partial charge is 0.263 e. The third kappa shape index (κ3) is 3.50. The van der Waals surface area contributed by atoms with Crippen molar-refractivity contribution in [3.8, 4) is 16.9 Å². The molecule has 0 radical (unpaired) electrons. The molecule has 0 unspecified atom stereocenters. The molecule has 7 rings (SSSR count). The number of carbonyl (C=O) groups is 1. The van der Waals surface area contributed by atoms with E-state index < -0.39 is 0 Å². The monoisotopic (exact) mass is 461 g/mol. The van der Waals surface area contributed by atoms with E-state index in [4.69, 9.17) is 17.0 Å². The summed E-state index contributed by atoms with van der Waals surface area (Å²) >= 11 is 6.40. The lowest BCUT2D eigenvalue weighted by Gasteiger charge is -2.57. The Morgan fingerprint density at radius 3 is 2.19 bits per heavy atom. The summed E-state index contributed by atoms with van der Waals surface area (Å²) in [5.41, 5.74) is 5.16. The highest BCUT2D eigenvalue weighted by atomic mass is 32.2. The zero-order chi connectivity index (χ0) is 21.9. The fourth-order valence-electron chi connectivity index (χ4n) is 7.09. The molecule has 0 spiro atoms. The summed E-state index contributed by atoms with van der Waals surface area (Å²) in [4.78, 5) is 12.6. The SMILES string of the molecule is COc1ccc(-c2ccc(/C=C3\SC(=S)NC3=O)cc2)cc1C12CC3CC(CC(C3)C1)C2. The number of thiocarbonyl (C=S) groups is 1. The Labute approximate surface area is 199 Å². The Hall–Kier alpha value is -2.11. The first-order valence-electron chi connectivity index (χ1n) is 11.6. The highest BCUT2D eigenvalue weighted by molar-refractivity contribution is 8.26. The van der Waals surface area contributed by atoms with Crippen LogP contribution in [0.25, 0.3) is 17.2 Å². The molecule has 1 heterocycles. The number of ether oxygens (including phenoxy) is 1. The van der Waals surface area contributed by atoms with Crippen LogP contribution >= 0.6 is 24.0 Å². The van der Waals surface area contributed by atoms with Crippen LogP contribution in [-0.2, 0) is 10.2 Å². The van der Waals surface area contributed by atoms with Gasteiger partial charge in [0.25, 0.3) is 5.91 Å². The van der Waals surface area contributed by atoms with Gasteiger partial charge >= 0.3 is 0 Å². The van der Waals surface area contributed by atoms with Crippen molar-refractivity contribution in [1.29, 1.82) is 0 Å². The lowest BCUT2D eigenvalue weighted by Crippen LogP contribution is -2.48. The molecule has 5 aliphatic rings. The van der Waals surface area contributed by atoms with Crippen LogP contribution in [0.4, 0.5) is 0 Å². The average Bonchev–Trinajstić information content (AvgIpc) is 3.09. The van der Waals surface area contributed by atoms with Crippen molar-refractivity contribution in [3.05, 3.63) is 58.5 Å². The largest absolute Gasteiger partial charge is 0.496 e. The van der Waals surface area contributed by atoms with Crippen molar-refractivity contribution in [3.63, 3.8) is 0 Å². The first kappa shape index (κ1) is 20.5. The van der Waals surface area contributed by atoms with Gasteiger partial charge < -0.3 is 10.1 Å². The quantitative estimate of drug-likeness (QED) is 0.427. The Balaban J connectivity index is 1.33. The molecule has 164 valence electrons. The van der Waals surface area contributed by atoms with E-state index in [1.165, 1.54) is 67.0 Å². The van der Waals surface area contributed by atoms with Crippen molar-refractivity contribution < 1.29 is 9.53 Å². The van der Waals surface area contributed by atoms with Crippen molar-refractivity contribution in [2.45, 2.75) is 43.9 Å². The fourth-order valence-corrected chi connectivity index (χ4v) is 8.13. The second kappa shape index (κ2) is 7.74. The van der Waals surface area contributed by atoms with Crippen LogP contribution in [0, 0.1) is 17.8 Å². The number of hydrogen-bond donors (Lipinski definition) is 1. The van der Waals surface area contributed by atoms with Crippen LogP contribution in [0.2, 0.25) is 0 Å². The molecule has 5 heteroatoms. The lowest BCUT2D eigenvalue weighted by molar-refractivity contribution is -0.115. The van der Waals surface area contributed by atoms with Gasteiger partial charge in [0.15, 0.2) is 0 Å². The lowest BCUT2D eigenvalue weighted by atomic mass is 9.48. The van der Waals surface area contributed by atoms with Gasteiger partial charge in [0.05, 0.1) is 12.0 Å². The molecule has 4 bridgehead atoms. The number of hydrogen-bond acceptors (Lipinski definition) is 4. The van der Waals surface area contributed by atoms with Gasteiger partial charge in [-0.05, 0) is 96.6 Å². The summed E-state index contributed by atoms with van der Waals surface area (Å²) < 4.78 is 6.40. The Morgan fingerprint density at radius 1 is 1.00 bits per heavy atom. The van der Waals surface area contributed by atoms with Gasteiger partial charge in [-0.15, -0.1) is 0 Å². The van der Waals surface area contributed by atoms with Crippen LogP contribution < -0.4 is 10.1 Å². The molecule has 1 amide bonds. The van der Waals surface area contributed by atoms with Crippen LogP contribution in [0.3, 0.4) is 0 Å². The molecule has 3 nitrogen and oxygen atoms in total. The van der Waals surface area contributed by atoms with Gasteiger partial charge in [-0.1, -0.05) is 54.3 Å². The van der Waals surface area contributed by atoms with Crippen molar-refractivity contribution in [2.75, 3.05) is 7.11 Å². The maximum absolute atomic E-state index is 11.9. The summed E-state index contributed by atoms with van der Waals surface area (Å²) in [6, 6.07) is 15.2. The summed E-state index contributed by atoms with van der Waals surface area (Å²) in [6.07, 6.45) is 10.2. The van der Waals surface area contributed by atoms with Gasteiger partial charge in [0, 0.05) is 5.56 Å². The maximum Gasteiger partial charge on any atom is 0.263 e. The van der Waals surface area contributed by atoms with Crippen LogP contribution in [0.15, 0.2) is 47.4 Å². The molecule has 2 aromatic carbocycles. The fraction of sp³-hybridized carbons (Fsp3) is 0.407. The van der Waals surface area contributed by atoms with Crippen molar-refractivity contribution >= 4 is 40.3 Å². The Morgan fingerprint density at radius 2 is 1.62 bits per heavy atom. The van der Waals surface area contributed by atoms with Crippen LogP contribution in [0.5, 0.6) is 5.75 Å². The van der Waals surface area contributed by atoms with Gasteiger partial charge in [0.2, 0.25) is 0 Å². The summed E-state index contributed by atoms with van der Waals surface area (Å²) in [5, 5.41) is 2.67. The molecular formula is C27H27NO2S2. The summed E-state index contributed by atoms with van der Waals surface area (Å²) in [5.74, 6) is 3.65. The van der Waals surface area contributed by atoms with Crippen molar-refractivity contribution in [2.24, 2.45) is 17.8 Å². The third-order valence-electron chi connectivity index (χ3n) is 7.99. The van der Waals surface area contributed by atoms with E-state index in [1.54, 1.807) is 0 Å². The predicted octanol–water partition coefficient (Wildman–Crippen LogP) is 6.32. The standard InChI is InChI=1S/C27H27NO2S2/c1-30-23-7-6-21(12-22(23)27-13-17-8-18(14-27)10-19(9-17)15-27)20-4-2-16(3-5-20)11-24-25(29)28-26(31)32-24/h2-7,11-12,17-19H,8-10,13-15H2,1H3,(H,28,29,31)/b24-11-. The number of methoxy groups -OCH3 is 1. The summed E-state index contributed by atoms with van der Waals surface area (Å²) in [7, 11) is 1.81. The number of nitrogens with one attached hydrogen (secondary N) is 1. The highest BCUT2D eigenvalue weighted by Gasteiger charge is 2.52. The normalized spacial score (nSPS) is 31.9. The Bertz CT molecular complexity index is 1100. The van der Waals surface area contributed by atoms with E-state index in [9.17, 15) is 4.79 Å². The number of carbonyl (C=O) groups excluding carboxylic acids is 1. The first-order chi connectivity index (χ1) is 15.5. The summed E-state index contributed by atoms with van der Waals surface area (Å²) in [6.45, 7) is 0.